The number of anilines is 1. The summed E-state index contributed by atoms with van der Waals surface area (Å²) in [6.07, 6.45) is 13.2. The highest BCUT2D eigenvalue weighted by Crippen LogP contribution is 2.62. The van der Waals surface area contributed by atoms with Crippen molar-refractivity contribution < 1.29 is 9.59 Å². The molecule has 3 saturated carbocycles. The van der Waals surface area contributed by atoms with Gasteiger partial charge in [-0.3, -0.25) is 9.59 Å². The molecule has 6 heteroatoms. The molecule has 0 bridgehead atoms. The summed E-state index contributed by atoms with van der Waals surface area (Å²) in [5, 5.41) is 7.49. The van der Waals surface area contributed by atoms with Crippen LogP contribution in [-0.4, -0.2) is 39.6 Å². The average Bonchev–Trinajstić information content (AvgIpc) is 3.61. The van der Waals surface area contributed by atoms with Gasteiger partial charge in [0.1, 0.15) is 5.82 Å². The zero-order valence-corrected chi connectivity index (χ0v) is 16.0. The van der Waals surface area contributed by atoms with E-state index < -0.39 is 0 Å². The fraction of sp³-hybridized carbons (Fsp3) is 0.762. The summed E-state index contributed by atoms with van der Waals surface area (Å²) in [6.45, 7) is 1.62. The first-order valence-electron chi connectivity index (χ1n) is 10.8. The summed E-state index contributed by atoms with van der Waals surface area (Å²) < 4.78 is 1.96. The number of carbonyl (C=O) groups excluding carboxylic acids is 2. The third kappa shape index (κ3) is 3.27. The van der Waals surface area contributed by atoms with Crippen LogP contribution in [0, 0.1) is 17.3 Å². The Hall–Kier alpha value is -1.85. The normalized spacial score (nSPS) is 27.6. The van der Waals surface area contributed by atoms with Crippen LogP contribution in [0.4, 0.5) is 5.82 Å². The number of likely N-dealkylation sites (tertiary alicyclic amines) is 1. The van der Waals surface area contributed by atoms with Crippen LogP contribution in [0.5, 0.6) is 0 Å². The Bertz CT molecular complexity index is 724. The maximum Gasteiger partial charge on any atom is 0.228 e. The number of rotatable bonds is 4. The standard InChI is InChI=1S/C21H30N4O2/c26-19(15-4-5-15)23-18-6-11-22-25(18)16-7-12-24(13-8-16)20(27)17-14-21(17)9-2-1-3-10-21/h6,11,15-17H,1-5,7-10,12-14H2,(H,23,26)/t17-/m0/s1. The fourth-order valence-electron chi connectivity index (χ4n) is 5.33. The van der Waals surface area contributed by atoms with E-state index in [0.29, 0.717) is 17.2 Å². The first-order valence-corrected chi connectivity index (χ1v) is 10.8. The van der Waals surface area contributed by atoms with Gasteiger partial charge < -0.3 is 10.2 Å². The summed E-state index contributed by atoms with van der Waals surface area (Å²) >= 11 is 0. The molecule has 1 aliphatic heterocycles. The van der Waals surface area contributed by atoms with Gasteiger partial charge >= 0.3 is 0 Å². The molecule has 5 rings (SSSR count). The quantitative estimate of drug-likeness (QED) is 0.884. The minimum absolute atomic E-state index is 0.121. The summed E-state index contributed by atoms with van der Waals surface area (Å²) in [4.78, 5) is 27.1. The molecule has 1 aromatic heterocycles. The van der Waals surface area contributed by atoms with Crippen molar-refractivity contribution in [2.24, 2.45) is 17.3 Å². The van der Waals surface area contributed by atoms with Gasteiger partial charge in [0.2, 0.25) is 11.8 Å². The largest absolute Gasteiger partial charge is 0.342 e. The second-order valence-electron chi connectivity index (χ2n) is 9.16. The van der Waals surface area contributed by atoms with E-state index in [1.165, 1.54) is 32.1 Å². The fourth-order valence-corrected chi connectivity index (χ4v) is 5.33. The predicted octanol–water partition coefficient (Wildman–Crippen LogP) is 3.37. The van der Waals surface area contributed by atoms with Crippen LogP contribution in [0.25, 0.3) is 0 Å². The molecule has 0 unspecified atom stereocenters. The second-order valence-corrected chi connectivity index (χ2v) is 9.16. The van der Waals surface area contributed by atoms with E-state index in [0.717, 1.165) is 51.0 Å². The monoisotopic (exact) mass is 370 g/mol. The molecule has 1 atom stereocenters. The molecule has 1 saturated heterocycles. The number of aromatic nitrogens is 2. The van der Waals surface area contributed by atoms with E-state index in [1.54, 1.807) is 6.20 Å². The summed E-state index contributed by atoms with van der Waals surface area (Å²) in [7, 11) is 0. The number of hydrogen-bond donors (Lipinski definition) is 1. The van der Waals surface area contributed by atoms with Crippen LogP contribution in [0.2, 0.25) is 0 Å². The van der Waals surface area contributed by atoms with Crippen LogP contribution < -0.4 is 5.32 Å². The zero-order valence-electron chi connectivity index (χ0n) is 16.0. The minimum atomic E-state index is 0.121. The lowest BCUT2D eigenvalue weighted by atomic mass is 9.84. The van der Waals surface area contributed by atoms with Crippen molar-refractivity contribution >= 4 is 17.6 Å². The van der Waals surface area contributed by atoms with Gasteiger partial charge in [-0.15, -0.1) is 0 Å². The van der Waals surface area contributed by atoms with E-state index in [1.807, 2.05) is 10.7 Å². The topological polar surface area (TPSA) is 67.2 Å². The lowest BCUT2D eigenvalue weighted by molar-refractivity contribution is -0.135. The Kier molecular flexibility index (Phi) is 4.25. The van der Waals surface area contributed by atoms with Crippen molar-refractivity contribution in [1.29, 1.82) is 0 Å². The molecular weight excluding hydrogens is 340 g/mol. The van der Waals surface area contributed by atoms with E-state index in [-0.39, 0.29) is 17.9 Å². The molecule has 4 aliphatic rings. The molecule has 1 spiro atoms. The summed E-state index contributed by atoms with van der Waals surface area (Å²) in [5.41, 5.74) is 0.369. The average molecular weight is 370 g/mol. The van der Waals surface area contributed by atoms with E-state index >= 15 is 0 Å². The lowest BCUT2D eigenvalue weighted by Crippen LogP contribution is -2.41. The molecule has 0 aromatic carbocycles. The van der Waals surface area contributed by atoms with E-state index in [2.05, 4.69) is 15.3 Å². The van der Waals surface area contributed by atoms with E-state index in [4.69, 9.17) is 0 Å². The van der Waals surface area contributed by atoms with Gasteiger partial charge in [-0.1, -0.05) is 19.3 Å². The van der Waals surface area contributed by atoms with Gasteiger partial charge in [0.15, 0.2) is 0 Å². The third-order valence-electron chi connectivity index (χ3n) is 7.33. The van der Waals surface area contributed by atoms with Gasteiger partial charge in [0.05, 0.1) is 12.2 Å². The highest BCUT2D eigenvalue weighted by atomic mass is 16.2. The van der Waals surface area contributed by atoms with Crippen LogP contribution >= 0.6 is 0 Å². The predicted molar refractivity (Wildman–Crippen MR) is 102 cm³/mol. The molecular formula is C21H30N4O2. The number of carbonyl (C=O) groups is 2. The molecule has 146 valence electrons. The van der Waals surface area contributed by atoms with Crippen LogP contribution in [-0.2, 0) is 9.59 Å². The Balaban J connectivity index is 1.17. The van der Waals surface area contributed by atoms with Crippen molar-refractivity contribution in [1.82, 2.24) is 14.7 Å². The molecule has 4 fully saturated rings. The first-order chi connectivity index (χ1) is 13.2. The van der Waals surface area contributed by atoms with E-state index in [9.17, 15) is 9.59 Å². The molecule has 1 N–H and O–H groups in total. The van der Waals surface area contributed by atoms with Crippen molar-refractivity contribution in [2.75, 3.05) is 18.4 Å². The Morgan fingerprint density at radius 2 is 1.81 bits per heavy atom. The first kappa shape index (κ1) is 17.3. The molecule has 2 amide bonds. The number of amides is 2. The molecule has 6 nitrogen and oxygen atoms in total. The van der Waals surface area contributed by atoms with Crippen molar-refractivity contribution in [3.8, 4) is 0 Å². The molecule has 2 heterocycles. The second kappa shape index (κ2) is 6.64. The number of nitrogens with one attached hydrogen (secondary N) is 1. The van der Waals surface area contributed by atoms with Crippen molar-refractivity contribution in [3.05, 3.63) is 12.3 Å². The van der Waals surface area contributed by atoms with Gasteiger partial charge in [0, 0.05) is 31.0 Å². The number of piperidine rings is 1. The Morgan fingerprint density at radius 3 is 2.52 bits per heavy atom. The summed E-state index contributed by atoms with van der Waals surface area (Å²) in [5.74, 6) is 1.82. The maximum absolute atomic E-state index is 13.0. The lowest BCUT2D eigenvalue weighted by Gasteiger charge is -2.34. The third-order valence-corrected chi connectivity index (χ3v) is 7.33. The molecule has 1 aromatic rings. The van der Waals surface area contributed by atoms with Crippen LogP contribution in [0.1, 0.15) is 70.3 Å². The van der Waals surface area contributed by atoms with Crippen molar-refractivity contribution in [2.45, 2.75) is 70.3 Å². The highest BCUT2D eigenvalue weighted by molar-refractivity contribution is 5.93. The van der Waals surface area contributed by atoms with Gasteiger partial charge in [-0.2, -0.15) is 5.10 Å². The van der Waals surface area contributed by atoms with Crippen LogP contribution in [0.15, 0.2) is 12.3 Å². The van der Waals surface area contributed by atoms with Crippen molar-refractivity contribution in [3.63, 3.8) is 0 Å². The number of nitrogens with zero attached hydrogens (tertiary/aromatic N) is 3. The van der Waals surface area contributed by atoms with Gasteiger partial charge in [0.25, 0.3) is 0 Å². The molecule has 27 heavy (non-hydrogen) atoms. The minimum Gasteiger partial charge on any atom is -0.342 e. The Labute approximate surface area is 160 Å². The molecule has 0 radical (unpaired) electrons. The van der Waals surface area contributed by atoms with Gasteiger partial charge in [-0.25, -0.2) is 4.68 Å². The Morgan fingerprint density at radius 1 is 1.07 bits per heavy atom. The van der Waals surface area contributed by atoms with Gasteiger partial charge in [-0.05, 0) is 50.4 Å². The summed E-state index contributed by atoms with van der Waals surface area (Å²) in [6, 6.07) is 2.15. The van der Waals surface area contributed by atoms with Crippen LogP contribution in [0.3, 0.4) is 0 Å². The maximum atomic E-state index is 13.0. The zero-order chi connectivity index (χ0) is 18.4. The highest BCUT2D eigenvalue weighted by Gasteiger charge is 2.58. The number of hydrogen-bond acceptors (Lipinski definition) is 3. The SMILES string of the molecule is O=C(Nc1ccnn1C1CCN(C(=O)[C@@H]2CC23CCCCC3)CC1)C1CC1. The smallest absolute Gasteiger partial charge is 0.228 e. The molecule has 3 aliphatic carbocycles.